The van der Waals surface area contributed by atoms with Gasteiger partial charge in [-0.3, -0.25) is 4.79 Å². The number of nitrogens with zero attached hydrogens (tertiary/aromatic N) is 1. The molecule has 1 unspecified atom stereocenters. The summed E-state index contributed by atoms with van der Waals surface area (Å²) in [6, 6.07) is 11.6. The molecular formula is C24H32N2O5. The van der Waals surface area contributed by atoms with E-state index in [0.717, 1.165) is 42.9 Å². The highest BCUT2D eigenvalue weighted by atomic mass is 16.5. The fraction of sp³-hybridized carbons (Fsp3) is 0.458. The molecule has 7 nitrogen and oxygen atoms in total. The minimum atomic E-state index is -0.0647. The van der Waals surface area contributed by atoms with Crippen molar-refractivity contribution in [3.05, 3.63) is 42.0 Å². The predicted octanol–water partition coefficient (Wildman–Crippen LogP) is 3.90. The molecule has 2 aromatic carbocycles. The zero-order valence-electron chi connectivity index (χ0n) is 18.8. The first kappa shape index (κ1) is 22.7. The van der Waals surface area contributed by atoms with Crippen molar-refractivity contribution in [1.29, 1.82) is 0 Å². The van der Waals surface area contributed by atoms with Crippen molar-refractivity contribution in [2.45, 2.75) is 31.8 Å². The quantitative estimate of drug-likeness (QED) is 0.653. The lowest BCUT2D eigenvalue weighted by molar-refractivity contribution is -0.116. The Morgan fingerprint density at radius 1 is 1.03 bits per heavy atom. The van der Waals surface area contributed by atoms with Crippen molar-refractivity contribution in [2.75, 3.05) is 51.7 Å². The van der Waals surface area contributed by atoms with Crippen LogP contribution in [0.4, 0.5) is 11.4 Å². The number of carbonyl (C=O) groups is 1. The maximum absolute atomic E-state index is 12.5. The summed E-state index contributed by atoms with van der Waals surface area (Å²) >= 11 is 0. The van der Waals surface area contributed by atoms with Crippen LogP contribution in [0.15, 0.2) is 36.4 Å². The van der Waals surface area contributed by atoms with E-state index in [4.69, 9.17) is 18.9 Å². The van der Waals surface area contributed by atoms with Crippen LogP contribution in [0, 0.1) is 0 Å². The summed E-state index contributed by atoms with van der Waals surface area (Å²) in [5.74, 6) is 1.87. The van der Waals surface area contributed by atoms with Gasteiger partial charge in [0.25, 0.3) is 0 Å². The van der Waals surface area contributed by atoms with Crippen molar-refractivity contribution in [3.63, 3.8) is 0 Å². The normalized spacial score (nSPS) is 16.0. The molecule has 0 radical (unpaired) electrons. The number of hydrogen-bond acceptors (Lipinski definition) is 6. The van der Waals surface area contributed by atoms with E-state index in [1.54, 1.807) is 40.6 Å². The molecule has 0 aliphatic carbocycles. The van der Waals surface area contributed by atoms with E-state index in [9.17, 15) is 4.79 Å². The lowest BCUT2D eigenvalue weighted by Gasteiger charge is -2.33. The summed E-state index contributed by atoms with van der Waals surface area (Å²) in [5.41, 5.74) is 2.77. The maximum Gasteiger partial charge on any atom is 0.224 e. The molecule has 1 saturated heterocycles. The topological polar surface area (TPSA) is 69.3 Å². The van der Waals surface area contributed by atoms with Crippen LogP contribution in [0.3, 0.4) is 0 Å². The van der Waals surface area contributed by atoms with Crippen molar-refractivity contribution in [2.24, 2.45) is 0 Å². The second-order valence-corrected chi connectivity index (χ2v) is 7.55. The summed E-state index contributed by atoms with van der Waals surface area (Å²) in [5, 5.41) is 2.97. The molecule has 31 heavy (non-hydrogen) atoms. The number of benzene rings is 2. The van der Waals surface area contributed by atoms with E-state index in [1.165, 1.54) is 0 Å². The highest BCUT2D eigenvalue weighted by Gasteiger charge is 2.20. The average molecular weight is 429 g/mol. The van der Waals surface area contributed by atoms with Gasteiger partial charge < -0.3 is 29.2 Å². The summed E-state index contributed by atoms with van der Waals surface area (Å²) in [6.45, 7) is 1.92. The molecule has 0 bridgehead atoms. The molecule has 1 N–H and O–H groups in total. The predicted molar refractivity (Wildman–Crippen MR) is 122 cm³/mol. The van der Waals surface area contributed by atoms with E-state index >= 15 is 0 Å². The Bertz CT molecular complexity index is 844. The van der Waals surface area contributed by atoms with Crippen molar-refractivity contribution in [3.8, 4) is 17.2 Å². The summed E-state index contributed by atoms with van der Waals surface area (Å²) in [7, 11) is 6.55. The molecule has 0 aromatic heterocycles. The van der Waals surface area contributed by atoms with Gasteiger partial charge in [0.1, 0.15) is 17.2 Å². The molecule has 2 aromatic rings. The minimum absolute atomic E-state index is 0.0647. The number of nitrogens with one attached hydrogen (secondary N) is 1. The number of rotatable bonds is 9. The zero-order valence-corrected chi connectivity index (χ0v) is 18.8. The van der Waals surface area contributed by atoms with Gasteiger partial charge in [-0.15, -0.1) is 0 Å². The number of piperidine rings is 1. The second-order valence-electron chi connectivity index (χ2n) is 7.55. The largest absolute Gasteiger partial charge is 0.496 e. The Labute approximate surface area is 184 Å². The van der Waals surface area contributed by atoms with Crippen LogP contribution in [-0.4, -0.2) is 53.5 Å². The Morgan fingerprint density at radius 3 is 2.29 bits per heavy atom. The van der Waals surface area contributed by atoms with Crippen LogP contribution in [-0.2, 0) is 16.0 Å². The Balaban J connectivity index is 1.59. The van der Waals surface area contributed by atoms with Crippen LogP contribution >= 0.6 is 0 Å². The van der Waals surface area contributed by atoms with Crippen LogP contribution in [0.5, 0.6) is 17.2 Å². The maximum atomic E-state index is 12.5. The number of carbonyl (C=O) groups excluding carboxylic acids is 1. The molecule has 1 heterocycles. The Hall–Kier alpha value is -2.93. The van der Waals surface area contributed by atoms with Crippen LogP contribution < -0.4 is 24.4 Å². The number of ether oxygens (including phenoxy) is 4. The number of anilines is 2. The first-order chi connectivity index (χ1) is 15.1. The summed E-state index contributed by atoms with van der Waals surface area (Å²) in [6.07, 6.45) is 3.30. The molecule has 1 atom stereocenters. The van der Waals surface area contributed by atoms with Crippen LogP contribution in [0.2, 0.25) is 0 Å². The third kappa shape index (κ3) is 5.82. The van der Waals surface area contributed by atoms with Crippen molar-refractivity contribution >= 4 is 17.3 Å². The molecular weight excluding hydrogens is 396 g/mol. The Kier molecular flexibility index (Phi) is 8.00. The monoisotopic (exact) mass is 428 g/mol. The third-order valence-corrected chi connectivity index (χ3v) is 5.65. The van der Waals surface area contributed by atoms with E-state index in [2.05, 4.69) is 10.2 Å². The molecule has 1 amide bonds. The molecule has 1 aliphatic rings. The molecule has 168 valence electrons. The highest BCUT2D eigenvalue weighted by Crippen LogP contribution is 2.35. The van der Waals surface area contributed by atoms with Gasteiger partial charge in [-0.25, -0.2) is 0 Å². The second kappa shape index (κ2) is 10.9. The zero-order chi connectivity index (χ0) is 22.2. The van der Waals surface area contributed by atoms with Gasteiger partial charge in [0, 0.05) is 55.7 Å². The fourth-order valence-corrected chi connectivity index (χ4v) is 3.91. The molecule has 0 saturated carbocycles. The minimum Gasteiger partial charge on any atom is -0.496 e. The number of hydrogen-bond donors (Lipinski definition) is 1. The van der Waals surface area contributed by atoms with E-state index in [-0.39, 0.29) is 12.0 Å². The standard InChI is InChI=1S/C24H32N2O5/c1-28-19-6-5-13-26(16-19)18-9-7-17(8-10-18)25-24(27)12-11-21-22(30-3)14-20(29-2)15-23(21)31-4/h7-10,14-15,19H,5-6,11-13,16H2,1-4H3,(H,25,27). The smallest absolute Gasteiger partial charge is 0.224 e. The van der Waals surface area contributed by atoms with E-state index < -0.39 is 0 Å². The summed E-state index contributed by atoms with van der Waals surface area (Å²) < 4.78 is 21.7. The average Bonchev–Trinajstić information content (AvgIpc) is 2.82. The van der Waals surface area contributed by atoms with Gasteiger partial charge in [-0.1, -0.05) is 0 Å². The first-order valence-electron chi connectivity index (χ1n) is 10.5. The number of amides is 1. The lowest BCUT2D eigenvalue weighted by atomic mass is 10.1. The molecule has 1 aliphatic heterocycles. The van der Waals surface area contributed by atoms with Crippen molar-refractivity contribution < 1.29 is 23.7 Å². The molecule has 3 rings (SSSR count). The van der Waals surface area contributed by atoms with Crippen molar-refractivity contribution in [1.82, 2.24) is 0 Å². The first-order valence-corrected chi connectivity index (χ1v) is 10.5. The third-order valence-electron chi connectivity index (χ3n) is 5.65. The highest BCUT2D eigenvalue weighted by molar-refractivity contribution is 5.91. The number of methoxy groups -OCH3 is 4. The van der Waals surface area contributed by atoms with Gasteiger partial charge in [0.15, 0.2) is 0 Å². The SMILES string of the molecule is COc1cc(OC)c(CCC(=O)Nc2ccc(N3CCCC(OC)C3)cc2)c(OC)c1. The van der Waals surface area contributed by atoms with E-state index in [0.29, 0.717) is 30.1 Å². The summed E-state index contributed by atoms with van der Waals surface area (Å²) in [4.78, 5) is 14.9. The molecule has 1 fully saturated rings. The van der Waals surface area contributed by atoms with Gasteiger partial charge in [0.05, 0.1) is 27.4 Å². The fourth-order valence-electron chi connectivity index (χ4n) is 3.91. The van der Waals surface area contributed by atoms with Gasteiger partial charge >= 0.3 is 0 Å². The molecule has 0 spiro atoms. The molecule has 7 heteroatoms. The van der Waals surface area contributed by atoms with Crippen LogP contribution in [0.25, 0.3) is 0 Å². The van der Waals surface area contributed by atoms with Crippen LogP contribution in [0.1, 0.15) is 24.8 Å². The van der Waals surface area contributed by atoms with E-state index in [1.807, 2.05) is 24.3 Å². The lowest BCUT2D eigenvalue weighted by Crippen LogP contribution is -2.39. The van der Waals surface area contributed by atoms with Gasteiger partial charge in [0.2, 0.25) is 5.91 Å². The van der Waals surface area contributed by atoms with Gasteiger partial charge in [-0.05, 0) is 43.5 Å². The van der Waals surface area contributed by atoms with Gasteiger partial charge in [-0.2, -0.15) is 0 Å². The Morgan fingerprint density at radius 2 is 1.71 bits per heavy atom.